The highest BCUT2D eigenvalue weighted by molar-refractivity contribution is 6.28. The molecule has 3 rings (SSSR count). The third kappa shape index (κ3) is 2.70. The zero-order chi connectivity index (χ0) is 13.9. The second-order valence-corrected chi connectivity index (χ2v) is 4.73. The molecule has 1 aliphatic heterocycles. The standard InChI is InChI=1S/C11H14ClN7O/c1-2-8-5-18(3-4-20-8)10-15-9(12)16-11(17-10)19-7-13-6-14-19/h6-8H,2-5H2,1H3. The molecule has 1 unspecified atom stereocenters. The maximum Gasteiger partial charge on any atom is 0.258 e. The number of morpholine rings is 1. The number of halogens is 1. The van der Waals surface area contributed by atoms with Gasteiger partial charge < -0.3 is 9.64 Å². The van der Waals surface area contributed by atoms with Crippen LogP contribution >= 0.6 is 11.6 Å². The number of hydrogen-bond acceptors (Lipinski definition) is 7. The van der Waals surface area contributed by atoms with Crippen molar-refractivity contribution < 1.29 is 4.74 Å². The van der Waals surface area contributed by atoms with Crippen LogP contribution < -0.4 is 4.90 Å². The number of hydrogen-bond donors (Lipinski definition) is 0. The van der Waals surface area contributed by atoms with Crippen molar-refractivity contribution in [3.63, 3.8) is 0 Å². The average molecular weight is 296 g/mol. The van der Waals surface area contributed by atoms with Gasteiger partial charge in [-0.1, -0.05) is 6.92 Å². The van der Waals surface area contributed by atoms with E-state index in [2.05, 4.69) is 32.0 Å². The summed E-state index contributed by atoms with van der Waals surface area (Å²) >= 11 is 5.97. The molecule has 1 saturated heterocycles. The first-order valence-corrected chi connectivity index (χ1v) is 6.77. The van der Waals surface area contributed by atoms with Crippen LogP contribution in [0.3, 0.4) is 0 Å². The summed E-state index contributed by atoms with van der Waals surface area (Å²) in [5.74, 6) is 0.897. The van der Waals surface area contributed by atoms with Crippen LogP contribution in [-0.4, -0.2) is 55.5 Å². The lowest BCUT2D eigenvalue weighted by Gasteiger charge is -2.32. The van der Waals surface area contributed by atoms with Gasteiger partial charge in [0.1, 0.15) is 12.7 Å². The lowest BCUT2D eigenvalue weighted by Crippen LogP contribution is -2.43. The fourth-order valence-electron chi connectivity index (χ4n) is 2.03. The van der Waals surface area contributed by atoms with E-state index in [0.717, 1.165) is 19.5 Å². The Morgan fingerprint density at radius 2 is 2.20 bits per heavy atom. The van der Waals surface area contributed by atoms with Crippen LogP contribution in [0.4, 0.5) is 5.95 Å². The summed E-state index contributed by atoms with van der Waals surface area (Å²) in [6.45, 7) is 4.22. The maximum atomic E-state index is 5.97. The highest BCUT2D eigenvalue weighted by Crippen LogP contribution is 2.17. The molecule has 1 fully saturated rings. The Balaban J connectivity index is 1.89. The highest BCUT2D eigenvalue weighted by atomic mass is 35.5. The molecule has 106 valence electrons. The molecule has 0 spiro atoms. The molecule has 9 heteroatoms. The predicted octanol–water partition coefficient (Wildman–Crippen LogP) is 0.721. The molecule has 3 heterocycles. The monoisotopic (exact) mass is 295 g/mol. The summed E-state index contributed by atoms with van der Waals surface area (Å²) in [6.07, 6.45) is 4.07. The Labute approximate surface area is 120 Å². The minimum Gasteiger partial charge on any atom is -0.375 e. The third-order valence-electron chi connectivity index (χ3n) is 3.09. The Kier molecular flexibility index (Phi) is 3.75. The zero-order valence-corrected chi connectivity index (χ0v) is 11.7. The minimum absolute atomic E-state index is 0.139. The molecule has 20 heavy (non-hydrogen) atoms. The van der Waals surface area contributed by atoms with Crippen LogP contribution in [-0.2, 0) is 4.74 Å². The van der Waals surface area contributed by atoms with E-state index in [1.54, 1.807) is 0 Å². The molecule has 2 aromatic rings. The van der Waals surface area contributed by atoms with E-state index >= 15 is 0 Å². The van der Waals surface area contributed by atoms with Crippen molar-refractivity contribution in [3.8, 4) is 5.95 Å². The summed E-state index contributed by atoms with van der Waals surface area (Å²) in [7, 11) is 0. The summed E-state index contributed by atoms with van der Waals surface area (Å²) in [5.41, 5.74) is 0. The van der Waals surface area contributed by atoms with Gasteiger partial charge in [0, 0.05) is 13.1 Å². The Morgan fingerprint density at radius 1 is 1.35 bits per heavy atom. The van der Waals surface area contributed by atoms with Crippen molar-refractivity contribution in [3.05, 3.63) is 17.9 Å². The van der Waals surface area contributed by atoms with Crippen LogP contribution in [0.5, 0.6) is 0 Å². The van der Waals surface area contributed by atoms with E-state index in [-0.39, 0.29) is 11.4 Å². The molecule has 0 amide bonds. The fourth-order valence-corrected chi connectivity index (χ4v) is 2.18. The molecular formula is C11H14ClN7O. The van der Waals surface area contributed by atoms with E-state index in [4.69, 9.17) is 16.3 Å². The summed E-state index contributed by atoms with van der Waals surface area (Å²) < 4.78 is 7.09. The smallest absolute Gasteiger partial charge is 0.258 e. The van der Waals surface area contributed by atoms with Gasteiger partial charge in [-0.15, -0.1) is 0 Å². The molecule has 0 radical (unpaired) electrons. The van der Waals surface area contributed by atoms with Gasteiger partial charge in [-0.25, -0.2) is 4.98 Å². The van der Waals surface area contributed by atoms with E-state index in [1.807, 2.05) is 4.90 Å². The third-order valence-corrected chi connectivity index (χ3v) is 3.25. The Hall–Kier alpha value is -1.80. The van der Waals surface area contributed by atoms with Crippen LogP contribution in [0, 0.1) is 0 Å². The van der Waals surface area contributed by atoms with Crippen molar-refractivity contribution >= 4 is 17.5 Å². The van der Waals surface area contributed by atoms with E-state index < -0.39 is 0 Å². The Morgan fingerprint density at radius 3 is 2.95 bits per heavy atom. The van der Waals surface area contributed by atoms with Crippen molar-refractivity contribution in [1.29, 1.82) is 0 Å². The van der Waals surface area contributed by atoms with Crippen LogP contribution in [0.15, 0.2) is 12.7 Å². The SMILES string of the molecule is CCC1CN(c2nc(Cl)nc(-n3cncn3)n2)CCO1. The lowest BCUT2D eigenvalue weighted by atomic mass is 10.2. The zero-order valence-electron chi connectivity index (χ0n) is 11.0. The van der Waals surface area contributed by atoms with E-state index in [1.165, 1.54) is 17.3 Å². The van der Waals surface area contributed by atoms with E-state index in [9.17, 15) is 0 Å². The van der Waals surface area contributed by atoms with Gasteiger partial charge in [-0.2, -0.15) is 24.7 Å². The first-order valence-electron chi connectivity index (χ1n) is 6.39. The van der Waals surface area contributed by atoms with Gasteiger partial charge in [0.15, 0.2) is 0 Å². The molecule has 0 bridgehead atoms. The van der Waals surface area contributed by atoms with Gasteiger partial charge in [0.25, 0.3) is 5.95 Å². The fraction of sp³-hybridized carbons (Fsp3) is 0.545. The first kappa shape index (κ1) is 13.2. The van der Waals surface area contributed by atoms with Gasteiger partial charge in [0.2, 0.25) is 11.2 Å². The van der Waals surface area contributed by atoms with Crippen molar-refractivity contribution in [2.75, 3.05) is 24.6 Å². The van der Waals surface area contributed by atoms with Crippen LogP contribution in [0.1, 0.15) is 13.3 Å². The first-order chi connectivity index (χ1) is 9.76. The average Bonchev–Trinajstić information content (AvgIpc) is 3.01. The summed E-state index contributed by atoms with van der Waals surface area (Å²) in [4.78, 5) is 18.6. The van der Waals surface area contributed by atoms with Gasteiger partial charge in [-0.3, -0.25) is 0 Å². The molecule has 0 aromatic carbocycles. The molecule has 2 aromatic heterocycles. The number of aromatic nitrogens is 6. The molecule has 1 aliphatic rings. The van der Waals surface area contributed by atoms with Crippen LogP contribution in [0.2, 0.25) is 5.28 Å². The molecule has 0 aliphatic carbocycles. The van der Waals surface area contributed by atoms with Crippen molar-refractivity contribution in [2.45, 2.75) is 19.4 Å². The Bertz CT molecular complexity index is 576. The minimum atomic E-state index is 0.139. The molecular weight excluding hydrogens is 282 g/mol. The normalized spacial score (nSPS) is 19.3. The van der Waals surface area contributed by atoms with Crippen LogP contribution in [0.25, 0.3) is 5.95 Å². The largest absolute Gasteiger partial charge is 0.375 e. The van der Waals surface area contributed by atoms with Gasteiger partial charge >= 0.3 is 0 Å². The van der Waals surface area contributed by atoms with Gasteiger partial charge in [-0.05, 0) is 18.0 Å². The highest BCUT2D eigenvalue weighted by Gasteiger charge is 2.22. The predicted molar refractivity (Wildman–Crippen MR) is 72.0 cm³/mol. The van der Waals surface area contributed by atoms with Crippen molar-refractivity contribution in [1.82, 2.24) is 29.7 Å². The number of nitrogens with zero attached hydrogens (tertiary/aromatic N) is 7. The number of anilines is 1. The molecule has 0 N–H and O–H groups in total. The molecule has 8 nitrogen and oxygen atoms in total. The van der Waals surface area contributed by atoms with E-state index in [0.29, 0.717) is 18.5 Å². The van der Waals surface area contributed by atoms with Gasteiger partial charge in [0.05, 0.1) is 12.7 Å². The number of ether oxygens (including phenoxy) is 1. The summed E-state index contributed by atoms with van der Waals surface area (Å²) in [5, 5.41) is 4.13. The molecule has 1 atom stereocenters. The topological polar surface area (TPSA) is 81.9 Å². The second-order valence-electron chi connectivity index (χ2n) is 4.39. The maximum absolute atomic E-state index is 5.97. The van der Waals surface area contributed by atoms with Crippen molar-refractivity contribution in [2.24, 2.45) is 0 Å². The number of rotatable bonds is 3. The lowest BCUT2D eigenvalue weighted by molar-refractivity contribution is 0.0378. The second kappa shape index (κ2) is 5.68. The molecule has 0 saturated carbocycles. The summed E-state index contributed by atoms with van der Waals surface area (Å²) in [6, 6.07) is 0. The quantitative estimate of drug-likeness (QED) is 0.825.